The van der Waals surface area contributed by atoms with E-state index in [2.05, 4.69) is 26.6 Å². The van der Waals surface area contributed by atoms with E-state index in [0.29, 0.717) is 5.56 Å². The Kier molecular flexibility index (Phi) is 15.8. The van der Waals surface area contributed by atoms with Crippen molar-refractivity contribution < 1.29 is 58.8 Å². The van der Waals surface area contributed by atoms with Crippen LogP contribution in [-0.4, -0.2) is 110 Å². The van der Waals surface area contributed by atoms with Crippen LogP contribution in [0.1, 0.15) is 45.6 Å². The van der Waals surface area contributed by atoms with Crippen molar-refractivity contribution in [1.29, 1.82) is 0 Å². The van der Waals surface area contributed by atoms with Crippen molar-refractivity contribution in [1.82, 2.24) is 26.6 Å². The highest BCUT2D eigenvalue weighted by atomic mass is 16.4. The van der Waals surface area contributed by atoms with E-state index in [1.807, 2.05) is 0 Å². The first kappa shape index (κ1) is 38.9. The van der Waals surface area contributed by atoms with Gasteiger partial charge in [-0.15, -0.1) is 0 Å². The lowest BCUT2D eigenvalue weighted by atomic mass is 10.0. The molecule has 7 atom stereocenters. The number of carbonyl (C=O) groups excluding carboxylic acids is 5. The fourth-order valence-electron chi connectivity index (χ4n) is 3.88. The van der Waals surface area contributed by atoms with Gasteiger partial charge >= 0.3 is 17.9 Å². The van der Waals surface area contributed by atoms with Crippen LogP contribution in [0.5, 0.6) is 0 Å². The van der Waals surface area contributed by atoms with E-state index in [4.69, 9.17) is 15.9 Å². The molecule has 0 unspecified atom stereocenters. The maximum Gasteiger partial charge on any atom is 0.328 e. The molecule has 0 aliphatic carbocycles. The van der Waals surface area contributed by atoms with Gasteiger partial charge < -0.3 is 52.7 Å². The van der Waals surface area contributed by atoms with Crippen molar-refractivity contribution in [2.75, 3.05) is 0 Å². The van der Waals surface area contributed by atoms with Crippen LogP contribution in [0.15, 0.2) is 30.3 Å². The number of amides is 5. The third kappa shape index (κ3) is 13.7. The molecule has 0 bridgehead atoms. The molecule has 0 aliphatic rings. The minimum absolute atomic E-state index is 0.0722. The predicted molar refractivity (Wildman–Crippen MR) is 158 cm³/mol. The van der Waals surface area contributed by atoms with E-state index in [-0.39, 0.29) is 6.42 Å². The Morgan fingerprint density at radius 1 is 0.674 bits per heavy atom. The quantitative estimate of drug-likeness (QED) is 0.0706. The molecular weight excluding hydrogens is 612 g/mol. The van der Waals surface area contributed by atoms with E-state index in [9.17, 15) is 48.6 Å². The number of hydrogen-bond donors (Lipinski definition) is 10. The molecule has 0 spiro atoms. The molecule has 1 aromatic rings. The first-order valence-corrected chi connectivity index (χ1v) is 14.1. The number of carboxylic acids is 3. The van der Waals surface area contributed by atoms with Gasteiger partial charge in [-0.25, -0.2) is 4.79 Å². The Balaban J connectivity index is 2.95. The molecule has 18 heteroatoms. The number of nitrogens with two attached hydrogens (primary N) is 1. The molecule has 1 aromatic carbocycles. The summed E-state index contributed by atoms with van der Waals surface area (Å²) in [6, 6.07) is -0.217. The summed E-state index contributed by atoms with van der Waals surface area (Å²) in [5, 5.41) is 48.3. The smallest absolute Gasteiger partial charge is 0.328 e. The molecule has 254 valence electrons. The summed E-state index contributed by atoms with van der Waals surface area (Å²) in [4.78, 5) is 97.1. The third-order valence-corrected chi connectivity index (χ3v) is 6.48. The van der Waals surface area contributed by atoms with Gasteiger partial charge in [0.15, 0.2) is 6.04 Å². The second-order valence-corrected chi connectivity index (χ2v) is 10.5. The van der Waals surface area contributed by atoms with Crippen molar-refractivity contribution in [2.24, 2.45) is 5.73 Å². The average molecular weight is 653 g/mol. The number of aliphatic hydroxyl groups is 1. The van der Waals surface area contributed by atoms with Crippen LogP contribution in [0.3, 0.4) is 0 Å². The predicted octanol–water partition coefficient (Wildman–Crippen LogP) is -3.17. The minimum atomic E-state index is -1.67. The normalized spacial score (nSPS) is 15.3. The summed E-state index contributed by atoms with van der Waals surface area (Å²) >= 11 is 0. The van der Waals surface area contributed by atoms with Gasteiger partial charge in [-0.1, -0.05) is 30.3 Å². The molecule has 0 saturated carbocycles. The van der Waals surface area contributed by atoms with Gasteiger partial charge in [0.2, 0.25) is 29.5 Å². The van der Waals surface area contributed by atoms with Crippen molar-refractivity contribution in [3.05, 3.63) is 35.9 Å². The molecule has 46 heavy (non-hydrogen) atoms. The van der Waals surface area contributed by atoms with Gasteiger partial charge in [-0.2, -0.15) is 0 Å². The second kappa shape index (κ2) is 18.6. The summed E-state index contributed by atoms with van der Waals surface area (Å²) in [6.07, 6.45) is -3.26. The molecule has 0 aromatic heterocycles. The molecular formula is C28H40N6O12. The Morgan fingerprint density at radius 3 is 1.67 bits per heavy atom. The van der Waals surface area contributed by atoms with Crippen LogP contribution >= 0.6 is 0 Å². The van der Waals surface area contributed by atoms with Gasteiger partial charge in [0.05, 0.1) is 18.6 Å². The van der Waals surface area contributed by atoms with E-state index in [1.165, 1.54) is 13.8 Å². The first-order valence-electron chi connectivity index (χ1n) is 14.1. The third-order valence-electron chi connectivity index (χ3n) is 6.48. The van der Waals surface area contributed by atoms with Crippen molar-refractivity contribution in [2.45, 2.75) is 88.8 Å². The topological polar surface area (TPSA) is 304 Å². The van der Waals surface area contributed by atoms with E-state index in [0.717, 1.165) is 6.92 Å². The molecule has 0 aliphatic heterocycles. The second-order valence-electron chi connectivity index (χ2n) is 10.5. The number of carbonyl (C=O) groups is 8. The highest BCUT2D eigenvalue weighted by molar-refractivity contribution is 5.96. The summed E-state index contributed by atoms with van der Waals surface area (Å²) < 4.78 is 0. The zero-order chi connectivity index (χ0) is 35.1. The molecule has 0 radical (unpaired) electrons. The van der Waals surface area contributed by atoms with Gasteiger partial charge in [0.25, 0.3) is 0 Å². The molecule has 11 N–H and O–H groups in total. The lowest BCUT2D eigenvalue weighted by Crippen LogP contribution is -2.59. The zero-order valence-corrected chi connectivity index (χ0v) is 25.4. The molecule has 0 fully saturated rings. The number of aliphatic carboxylic acids is 3. The zero-order valence-electron chi connectivity index (χ0n) is 25.4. The minimum Gasteiger partial charge on any atom is -0.481 e. The highest BCUT2D eigenvalue weighted by Gasteiger charge is 2.32. The number of nitrogens with one attached hydrogen (secondary N) is 5. The Bertz CT molecular complexity index is 1270. The van der Waals surface area contributed by atoms with Crippen molar-refractivity contribution in [3.8, 4) is 0 Å². The molecule has 0 heterocycles. The Hall–Kier alpha value is -5.10. The summed E-state index contributed by atoms with van der Waals surface area (Å²) in [5.74, 6) is -8.85. The maximum atomic E-state index is 13.0. The Morgan fingerprint density at radius 2 is 1.17 bits per heavy atom. The Labute approximate surface area is 263 Å². The molecule has 5 amide bonds. The summed E-state index contributed by atoms with van der Waals surface area (Å²) in [6.45, 7) is 3.67. The molecule has 0 saturated heterocycles. The van der Waals surface area contributed by atoms with Gasteiger partial charge in [0.1, 0.15) is 24.2 Å². The lowest BCUT2D eigenvalue weighted by Gasteiger charge is -2.25. The lowest BCUT2D eigenvalue weighted by molar-refractivity contribution is -0.145. The van der Waals surface area contributed by atoms with Gasteiger partial charge in [-0.3, -0.25) is 33.6 Å². The standard InChI is InChI=1S/C28H40N6O12/c1-13(31-26(43)18(9-10-20(36)37)32-25(42)17(29)12-21(38)39)23(40)30-14(2)24(41)33-19(11-16-7-5-4-6-8-16)27(44)34-22(15(3)35)28(45)46/h4-8,13-15,17-19,22,35H,9-12,29H2,1-3H3,(H,30,40)(H,31,43)(H,32,42)(H,33,41)(H,34,44)(H,36,37)(H,38,39)(H,45,46)/t13-,14-,15+,17-,18-,19-,22-/m0/s1. The van der Waals surface area contributed by atoms with Crippen LogP contribution < -0.4 is 32.3 Å². The number of rotatable bonds is 19. The van der Waals surface area contributed by atoms with Crippen molar-refractivity contribution in [3.63, 3.8) is 0 Å². The average Bonchev–Trinajstić information content (AvgIpc) is 2.96. The SMILES string of the molecule is C[C@H](NC(=O)[C@H](C)NC(=O)[C@H](CCC(=O)O)NC(=O)[C@@H](N)CC(=O)O)C(=O)N[C@@H](Cc1ccccc1)C(=O)N[C@H](C(=O)O)[C@@H](C)O. The van der Waals surface area contributed by atoms with Crippen LogP contribution in [-0.2, 0) is 44.8 Å². The molecule has 1 rings (SSSR count). The van der Waals surface area contributed by atoms with Crippen LogP contribution in [0, 0.1) is 0 Å². The number of hydrogen-bond acceptors (Lipinski definition) is 10. The van der Waals surface area contributed by atoms with Crippen LogP contribution in [0.25, 0.3) is 0 Å². The summed E-state index contributed by atoms with van der Waals surface area (Å²) in [5.41, 5.74) is 6.10. The largest absolute Gasteiger partial charge is 0.481 e. The van der Waals surface area contributed by atoms with Crippen LogP contribution in [0.2, 0.25) is 0 Å². The maximum absolute atomic E-state index is 13.0. The van der Waals surface area contributed by atoms with E-state index < -0.39 is 109 Å². The molecule has 18 nitrogen and oxygen atoms in total. The summed E-state index contributed by atoms with van der Waals surface area (Å²) in [7, 11) is 0. The fraction of sp³-hybridized carbons (Fsp3) is 0.500. The van der Waals surface area contributed by atoms with Gasteiger partial charge in [-0.05, 0) is 32.8 Å². The number of aliphatic hydroxyl groups excluding tert-OH is 1. The number of benzene rings is 1. The fourth-order valence-corrected chi connectivity index (χ4v) is 3.88. The van der Waals surface area contributed by atoms with Crippen LogP contribution in [0.4, 0.5) is 0 Å². The highest BCUT2D eigenvalue weighted by Crippen LogP contribution is 2.06. The number of carboxylic acid groups (broad SMARTS) is 3. The van der Waals surface area contributed by atoms with Gasteiger partial charge in [0, 0.05) is 12.8 Å². The first-order chi connectivity index (χ1) is 21.4. The monoisotopic (exact) mass is 652 g/mol. The van der Waals surface area contributed by atoms with E-state index in [1.54, 1.807) is 30.3 Å². The van der Waals surface area contributed by atoms with E-state index >= 15 is 0 Å². The van der Waals surface area contributed by atoms with Crippen molar-refractivity contribution >= 4 is 47.4 Å².